The lowest BCUT2D eigenvalue weighted by Crippen LogP contribution is -2.22. The van der Waals surface area contributed by atoms with Crippen LogP contribution in [-0.4, -0.2) is 36.8 Å². The zero-order chi connectivity index (χ0) is 14.3. The fraction of sp³-hybridized carbons (Fsp3) is 0.385. The molecule has 1 rings (SSSR count). The molecule has 0 aliphatic rings. The van der Waals surface area contributed by atoms with E-state index in [1.54, 1.807) is 24.3 Å². The summed E-state index contributed by atoms with van der Waals surface area (Å²) in [7, 11) is 1.52. The Kier molecular flexibility index (Phi) is 5.81. The monoisotopic (exact) mass is 267 g/mol. The van der Waals surface area contributed by atoms with Gasteiger partial charge in [0.1, 0.15) is 5.75 Å². The summed E-state index contributed by atoms with van der Waals surface area (Å²) < 4.78 is 10.1. The highest BCUT2D eigenvalue weighted by atomic mass is 16.5. The summed E-state index contributed by atoms with van der Waals surface area (Å²) >= 11 is 0. The number of rotatable bonds is 7. The maximum Gasteiger partial charge on any atom is 0.332 e. The van der Waals surface area contributed by atoms with Crippen LogP contribution in [0.1, 0.15) is 13.3 Å². The third-order valence-electron chi connectivity index (χ3n) is 2.43. The van der Waals surface area contributed by atoms with Gasteiger partial charge in [0.05, 0.1) is 25.8 Å². The van der Waals surface area contributed by atoms with Crippen molar-refractivity contribution in [1.82, 2.24) is 0 Å². The number of carboxylic acids is 1. The van der Waals surface area contributed by atoms with Crippen molar-refractivity contribution < 1.29 is 24.2 Å². The van der Waals surface area contributed by atoms with Gasteiger partial charge >= 0.3 is 5.97 Å². The van der Waals surface area contributed by atoms with Crippen LogP contribution in [0.4, 0.5) is 5.69 Å². The first-order chi connectivity index (χ1) is 9.04. The Morgan fingerprint density at radius 3 is 2.68 bits per heavy atom. The van der Waals surface area contributed by atoms with Crippen LogP contribution in [0.3, 0.4) is 0 Å². The van der Waals surface area contributed by atoms with Gasteiger partial charge in [0.2, 0.25) is 5.91 Å². The van der Waals surface area contributed by atoms with Crippen LogP contribution in [0.5, 0.6) is 5.75 Å². The van der Waals surface area contributed by atoms with E-state index < -0.39 is 12.1 Å². The number of hydrogen-bond donors (Lipinski definition) is 2. The van der Waals surface area contributed by atoms with Crippen LogP contribution < -0.4 is 10.1 Å². The highest BCUT2D eigenvalue weighted by molar-refractivity contribution is 5.92. The normalized spacial score (nSPS) is 11.7. The highest BCUT2D eigenvalue weighted by Crippen LogP contribution is 2.22. The van der Waals surface area contributed by atoms with Gasteiger partial charge in [-0.3, -0.25) is 4.79 Å². The average molecular weight is 267 g/mol. The van der Waals surface area contributed by atoms with Crippen LogP contribution in [0.15, 0.2) is 24.3 Å². The van der Waals surface area contributed by atoms with E-state index in [1.165, 1.54) is 14.0 Å². The van der Waals surface area contributed by atoms with Crippen LogP contribution in [0, 0.1) is 0 Å². The summed E-state index contributed by atoms with van der Waals surface area (Å²) in [6, 6.07) is 7.03. The molecule has 0 unspecified atom stereocenters. The van der Waals surface area contributed by atoms with Crippen LogP contribution >= 0.6 is 0 Å². The van der Waals surface area contributed by atoms with E-state index in [1.807, 2.05) is 0 Å². The zero-order valence-corrected chi connectivity index (χ0v) is 10.9. The molecule has 0 bridgehead atoms. The Morgan fingerprint density at radius 1 is 1.37 bits per heavy atom. The molecule has 0 heterocycles. The molecule has 0 aromatic heterocycles. The van der Waals surface area contributed by atoms with Gasteiger partial charge in [-0.1, -0.05) is 12.1 Å². The quantitative estimate of drug-likeness (QED) is 0.782. The second kappa shape index (κ2) is 7.38. The lowest BCUT2D eigenvalue weighted by Gasteiger charge is -2.11. The summed E-state index contributed by atoms with van der Waals surface area (Å²) in [5.74, 6) is -0.747. The predicted molar refractivity (Wildman–Crippen MR) is 69.3 cm³/mol. The fourth-order valence-electron chi connectivity index (χ4n) is 1.36. The van der Waals surface area contributed by atoms with Gasteiger partial charge in [0.15, 0.2) is 6.10 Å². The molecule has 0 aliphatic heterocycles. The van der Waals surface area contributed by atoms with E-state index in [0.29, 0.717) is 11.4 Å². The summed E-state index contributed by atoms with van der Waals surface area (Å²) in [4.78, 5) is 22.1. The minimum atomic E-state index is -1.05. The Labute approximate surface area is 111 Å². The molecule has 1 aromatic rings. The third-order valence-corrected chi connectivity index (χ3v) is 2.43. The van der Waals surface area contributed by atoms with Crippen molar-refractivity contribution in [2.75, 3.05) is 19.0 Å². The largest absolute Gasteiger partial charge is 0.495 e. The molecule has 0 aliphatic carbocycles. The number of aliphatic carboxylic acids is 1. The van der Waals surface area contributed by atoms with E-state index in [9.17, 15) is 9.59 Å². The van der Waals surface area contributed by atoms with E-state index in [2.05, 4.69) is 5.32 Å². The number of amides is 1. The van der Waals surface area contributed by atoms with E-state index in [4.69, 9.17) is 14.6 Å². The van der Waals surface area contributed by atoms with Crippen LogP contribution in [-0.2, 0) is 14.3 Å². The minimum Gasteiger partial charge on any atom is -0.495 e. The molecule has 1 amide bonds. The van der Waals surface area contributed by atoms with E-state index in [0.717, 1.165) is 0 Å². The first-order valence-corrected chi connectivity index (χ1v) is 5.82. The molecule has 0 saturated heterocycles. The number of nitrogens with one attached hydrogen (secondary N) is 1. The molecule has 1 aromatic carbocycles. The maximum absolute atomic E-state index is 11.6. The number of benzene rings is 1. The Balaban J connectivity index is 2.41. The van der Waals surface area contributed by atoms with E-state index in [-0.39, 0.29) is 18.9 Å². The topological polar surface area (TPSA) is 84.9 Å². The lowest BCUT2D eigenvalue weighted by molar-refractivity contribution is -0.149. The molecule has 104 valence electrons. The molecule has 2 N–H and O–H groups in total. The third kappa shape index (κ3) is 4.97. The van der Waals surface area contributed by atoms with Crippen molar-refractivity contribution in [2.24, 2.45) is 0 Å². The second-order valence-corrected chi connectivity index (χ2v) is 3.85. The molecule has 6 nitrogen and oxygen atoms in total. The summed E-state index contributed by atoms with van der Waals surface area (Å²) in [5, 5.41) is 11.3. The molecule has 19 heavy (non-hydrogen) atoms. The maximum atomic E-state index is 11.6. The SMILES string of the molecule is COc1ccccc1NC(=O)CCO[C@H](C)C(=O)O. The lowest BCUT2D eigenvalue weighted by atomic mass is 10.3. The number of carbonyl (C=O) groups excluding carboxylic acids is 1. The van der Waals surface area contributed by atoms with E-state index >= 15 is 0 Å². The van der Waals surface area contributed by atoms with Crippen LogP contribution in [0.25, 0.3) is 0 Å². The standard InChI is InChI=1S/C13H17NO5/c1-9(13(16)17)19-8-7-12(15)14-10-5-3-4-6-11(10)18-2/h3-6,9H,7-8H2,1-2H3,(H,14,15)(H,16,17)/t9-/m1/s1. The summed E-state index contributed by atoms with van der Waals surface area (Å²) in [6.45, 7) is 1.47. The van der Waals surface area contributed by atoms with Gasteiger partial charge in [-0.25, -0.2) is 4.79 Å². The molecule has 0 fully saturated rings. The van der Waals surface area contributed by atoms with Gasteiger partial charge in [0, 0.05) is 0 Å². The fourth-order valence-corrected chi connectivity index (χ4v) is 1.36. The first kappa shape index (κ1) is 15.0. The number of ether oxygens (including phenoxy) is 2. The van der Waals surface area contributed by atoms with Crippen molar-refractivity contribution >= 4 is 17.6 Å². The number of anilines is 1. The molecule has 0 spiro atoms. The van der Waals surface area contributed by atoms with Crippen molar-refractivity contribution in [3.05, 3.63) is 24.3 Å². The number of carbonyl (C=O) groups is 2. The number of hydrogen-bond acceptors (Lipinski definition) is 4. The molecular weight excluding hydrogens is 250 g/mol. The van der Waals surface area contributed by atoms with Crippen molar-refractivity contribution in [3.8, 4) is 5.75 Å². The number of methoxy groups -OCH3 is 1. The van der Waals surface area contributed by atoms with Gasteiger partial charge in [-0.2, -0.15) is 0 Å². The van der Waals surface area contributed by atoms with Crippen molar-refractivity contribution in [3.63, 3.8) is 0 Å². The summed E-state index contributed by atoms with van der Waals surface area (Å²) in [5.41, 5.74) is 0.571. The van der Waals surface area contributed by atoms with Crippen molar-refractivity contribution in [1.29, 1.82) is 0 Å². The van der Waals surface area contributed by atoms with Crippen molar-refractivity contribution in [2.45, 2.75) is 19.4 Å². The number of para-hydroxylation sites is 2. The first-order valence-electron chi connectivity index (χ1n) is 5.82. The molecule has 0 radical (unpaired) electrons. The molecule has 0 saturated carbocycles. The Hall–Kier alpha value is -2.08. The Morgan fingerprint density at radius 2 is 2.05 bits per heavy atom. The smallest absolute Gasteiger partial charge is 0.332 e. The van der Waals surface area contributed by atoms with Crippen LogP contribution in [0.2, 0.25) is 0 Å². The summed E-state index contributed by atoms with van der Waals surface area (Å²) in [6.07, 6.45) is -0.838. The van der Waals surface area contributed by atoms with Gasteiger partial charge < -0.3 is 19.9 Å². The van der Waals surface area contributed by atoms with Gasteiger partial charge in [-0.05, 0) is 19.1 Å². The Bertz CT molecular complexity index is 446. The molecule has 6 heteroatoms. The zero-order valence-electron chi connectivity index (χ0n) is 10.9. The minimum absolute atomic E-state index is 0.0500. The second-order valence-electron chi connectivity index (χ2n) is 3.85. The predicted octanol–water partition coefficient (Wildman–Crippen LogP) is 1.51. The molecule has 1 atom stereocenters. The van der Waals surface area contributed by atoms with Gasteiger partial charge in [-0.15, -0.1) is 0 Å². The number of carboxylic acid groups (broad SMARTS) is 1. The average Bonchev–Trinajstić information content (AvgIpc) is 2.39. The highest BCUT2D eigenvalue weighted by Gasteiger charge is 2.12. The molecular formula is C13H17NO5. The van der Waals surface area contributed by atoms with Gasteiger partial charge in [0.25, 0.3) is 0 Å².